The molecule has 1 aromatic heterocycles. The lowest BCUT2D eigenvalue weighted by Gasteiger charge is -2.34. The number of ether oxygens (including phenoxy) is 2. The first kappa shape index (κ1) is 24.1. The van der Waals surface area contributed by atoms with Crippen LogP contribution in [-0.4, -0.2) is 49.4 Å². The lowest BCUT2D eigenvalue weighted by Crippen LogP contribution is -2.30. The van der Waals surface area contributed by atoms with Crippen LogP contribution < -0.4 is 5.32 Å². The van der Waals surface area contributed by atoms with Gasteiger partial charge in [-0.05, 0) is 29.7 Å². The molecule has 0 bridgehead atoms. The third kappa shape index (κ3) is 5.38. The quantitative estimate of drug-likeness (QED) is 0.490. The zero-order valence-corrected chi connectivity index (χ0v) is 19.9. The summed E-state index contributed by atoms with van der Waals surface area (Å²) < 4.78 is 15.7. The third-order valence-electron chi connectivity index (χ3n) is 5.93. The van der Waals surface area contributed by atoms with Crippen LogP contribution in [0.25, 0.3) is 22.5 Å². The number of nitrogens with one attached hydrogen (secondary N) is 1. The Balaban J connectivity index is 1.58. The first-order valence-electron chi connectivity index (χ1n) is 11.2. The van der Waals surface area contributed by atoms with E-state index in [4.69, 9.17) is 9.26 Å². The molecule has 1 amide bonds. The van der Waals surface area contributed by atoms with Gasteiger partial charge in [0.05, 0.1) is 13.7 Å². The van der Waals surface area contributed by atoms with E-state index in [1.807, 2.05) is 24.3 Å². The first-order valence-corrected chi connectivity index (χ1v) is 11.2. The van der Waals surface area contributed by atoms with E-state index in [1.54, 1.807) is 31.4 Å². The molecule has 1 unspecified atom stereocenters. The Morgan fingerprint density at radius 1 is 1.06 bits per heavy atom. The highest BCUT2D eigenvalue weighted by Crippen LogP contribution is 2.45. The van der Waals surface area contributed by atoms with E-state index in [2.05, 4.69) is 45.3 Å². The van der Waals surface area contributed by atoms with Crippen molar-refractivity contribution in [2.24, 2.45) is 5.41 Å². The second kappa shape index (κ2) is 10.5. The molecule has 1 heterocycles. The molecule has 1 atom stereocenters. The normalized spacial score (nSPS) is 17.3. The predicted octanol–water partition coefficient (Wildman–Crippen LogP) is 4.16. The van der Waals surface area contributed by atoms with Gasteiger partial charge in [-0.1, -0.05) is 66.7 Å². The highest BCUT2D eigenvalue weighted by molar-refractivity contribution is 5.96. The fourth-order valence-electron chi connectivity index (χ4n) is 4.21. The summed E-state index contributed by atoms with van der Waals surface area (Å²) in [5.74, 6) is -0.131. The predicted molar refractivity (Wildman–Crippen MR) is 131 cm³/mol. The lowest BCUT2D eigenvalue weighted by atomic mass is 9.71. The molecule has 1 aliphatic carbocycles. The average molecular weight is 474 g/mol. The molecule has 8 nitrogen and oxygen atoms in total. The zero-order valence-electron chi connectivity index (χ0n) is 19.9. The van der Waals surface area contributed by atoms with E-state index in [0.717, 1.165) is 11.1 Å². The standard InChI is InChI=1S/C27H27N3O5/c1-27(17-33-2)15-21(12-13-22(27)18-8-5-4-6-9-18)26-29-24(30-35-26)19-10-7-11-20(14-19)25(32)28-16-23(31)34-3/h4-14H,15-17H2,1-3H3,(H,28,32). The van der Waals surface area contributed by atoms with Gasteiger partial charge in [0.2, 0.25) is 5.82 Å². The van der Waals surface area contributed by atoms with Gasteiger partial charge in [-0.2, -0.15) is 4.98 Å². The monoisotopic (exact) mass is 473 g/mol. The molecule has 2 aromatic carbocycles. The molecule has 0 spiro atoms. The minimum Gasteiger partial charge on any atom is -0.468 e. The van der Waals surface area contributed by atoms with Crippen LogP contribution in [0, 0.1) is 5.41 Å². The summed E-state index contributed by atoms with van der Waals surface area (Å²) in [6, 6.07) is 17.1. The van der Waals surface area contributed by atoms with Crippen molar-refractivity contribution in [1.29, 1.82) is 0 Å². The van der Waals surface area contributed by atoms with Gasteiger partial charge in [0.1, 0.15) is 6.54 Å². The van der Waals surface area contributed by atoms with Crippen LogP contribution in [0.4, 0.5) is 0 Å². The molecule has 180 valence electrons. The Morgan fingerprint density at radius 2 is 1.83 bits per heavy atom. The first-order chi connectivity index (χ1) is 16.9. The molecule has 1 N–H and O–H groups in total. The number of aromatic nitrogens is 2. The highest BCUT2D eigenvalue weighted by Gasteiger charge is 2.35. The summed E-state index contributed by atoms with van der Waals surface area (Å²) in [7, 11) is 2.96. The topological polar surface area (TPSA) is 104 Å². The van der Waals surface area contributed by atoms with E-state index < -0.39 is 11.9 Å². The number of methoxy groups -OCH3 is 2. The van der Waals surface area contributed by atoms with Crippen LogP contribution in [0.15, 0.2) is 71.3 Å². The van der Waals surface area contributed by atoms with E-state index in [0.29, 0.717) is 35.9 Å². The maximum atomic E-state index is 12.4. The molecular formula is C27H27N3O5. The van der Waals surface area contributed by atoms with E-state index in [-0.39, 0.29) is 12.0 Å². The second-order valence-electron chi connectivity index (χ2n) is 8.57. The molecule has 1 aliphatic rings. The van der Waals surface area contributed by atoms with E-state index in [1.165, 1.54) is 12.7 Å². The summed E-state index contributed by atoms with van der Waals surface area (Å²) in [5.41, 5.74) is 3.98. The summed E-state index contributed by atoms with van der Waals surface area (Å²) in [6.45, 7) is 2.49. The number of allylic oxidation sites excluding steroid dienone is 3. The number of carbonyl (C=O) groups is 2. The molecule has 0 aliphatic heterocycles. The molecule has 4 rings (SSSR count). The molecule has 0 saturated carbocycles. The van der Waals surface area contributed by atoms with E-state index in [9.17, 15) is 9.59 Å². The van der Waals surface area contributed by atoms with Gasteiger partial charge in [-0.15, -0.1) is 0 Å². The number of benzene rings is 2. The van der Waals surface area contributed by atoms with Crippen LogP contribution in [0.3, 0.4) is 0 Å². The summed E-state index contributed by atoms with van der Waals surface area (Å²) in [5, 5.41) is 6.65. The second-order valence-corrected chi connectivity index (χ2v) is 8.57. The highest BCUT2D eigenvalue weighted by atomic mass is 16.5. The molecule has 35 heavy (non-hydrogen) atoms. The minimum absolute atomic E-state index is 0.210. The number of nitrogens with zero attached hydrogens (tertiary/aromatic N) is 2. The van der Waals surface area contributed by atoms with Crippen LogP contribution >= 0.6 is 0 Å². The number of carbonyl (C=O) groups excluding carboxylic acids is 2. The van der Waals surface area contributed by atoms with Crippen LogP contribution in [-0.2, 0) is 14.3 Å². The Morgan fingerprint density at radius 3 is 2.57 bits per heavy atom. The van der Waals surface area contributed by atoms with Gasteiger partial charge in [0.15, 0.2) is 0 Å². The number of esters is 1. The van der Waals surface area contributed by atoms with E-state index >= 15 is 0 Å². The molecular weight excluding hydrogens is 446 g/mol. The summed E-state index contributed by atoms with van der Waals surface area (Å²) in [6.07, 6.45) is 4.76. The van der Waals surface area contributed by atoms with Gasteiger partial charge in [-0.3, -0.25) is 9.59 Å². The fraction of sp³-hybridized carbons (Fsp3) is 0.259. The molecule has 3 aromatic rings. The maximum Gasteiger partial charge on any atom is 0.325 e. The Bertz CT molecular complexity index is 1280. The number of hydrogen-bond donors (Lipinski definition) is 1. The van der Waals surface area contributed by atoms with Crippen molar-refractivity contribution in [2.75, 3.05) is 27.4 Å². The van der Waals surface area contributed by atoms with Crippen molar-refractivity contribution in [2.45, 2.75) is 13.3 Å². The average Bonchev–Trinajstić information content (AvgIpc) is 3.38. The minimum atomic E-state index is -0.525. The molecule has 0 radical (unpaired) electrons. The van der Waals surface area contributed by atoms with Crippen molar-refractivity contribution in [1.82, 2.24) is 15.5 Å². The SMILES string of the molecule is COCC1(C)CC(c2nc(-c3cccc(C(=O)NCC(=O)OC)c3)no2)=CC=C1c1ccccc1. The van der Waals surface area contributed by atoms with Crippen LogP contribution in [0.2, 0.25) is 0 Å². The van der Waals surface area contributed by atoms with Crippen molar-refractivity contribution >= 4 is 23.0 Å². The van der Waals surface area contributed by atoms with Gasteiger partial charge in [0, 0.05) is 29.2 Å². The number of hydrogen-bond acceptors (Lipinski definition) is 7. The Kier molecular flexibility index (Phi) is 7.22. The number of rotatable bonds is 8. The summed E-state index contributed by atoms with van der Waals surface area (Å²) >= 11 is 0. The smallest absolute Gasteiger partial charge is 0.325 e. The largest absolute Gasteiger partial charge is 0.468 e. The summed E-state index contributed by atoms with van der Waals surface area (Å²) in [4.78, 5) is 28.3. The van der Waals surface area contributed by atoms with Crippen LogP contribution in [0.1, 0.15) is 35.2 Å². The molecule has 0 fully saturated rings. The van der Waals surface area contributed by atoms with Crippen molar-refractivity contribution in [3.8, 4) is 11.4 Å². The van der Waals surface area contributed by atoms with Crippen molar-refractivity contribution in [3.63, 3.8) is 0 Å². The van der Waals surface area contributed by atoms with Crippen molar-refractivity contribution < 1.29 is 23.6 Å². The fourth-order valence-corrected chi connectivity index (χ4v) is 4.21. The maximum absolute atomic E-state index is 12.4. The van der Waals surface area contributed by atoms with Gasteiger partial charge in [-0.25, -0.2) is 0 Å². The Labute approximate surface area is 203 Å². The van der Waals surface area contributed by atoms with Gasteiger partial charge < -0.3 is 19.3 Å². The van der Waals surface area contributed by atoms with Gasteiger partial charge in [0.25, 0.3) is 11.8 Å². The third-order valence-corrected chi connectivity index (χ3v) is 5.93. The lowest BCUT2D eigenvalue weighted by molar-refractivity contribution is -0.139. The van der Waals surface area contributed by atoms with Gasteiger partial charge >= 0.3 is 5.97 Å². The zero-order chi connectivity index (χ0) is 24.8. The molecule has 0 saturated heterocycles. The Hall–Kier alpha value is -4.04. The van der Waals surface area contributed by atoms with Crippen molar-refractivity contribution in [3.05, 3.63) is 83.8 Å². The molecule has 8 heteroatoms. The number of amides is 1. The van der Waals surface area contributed by atoms with Crippen LogP contribution in [0.5, 0.6) is 0 Å².